The highest BCUT2D eigenvalue weighted by Crippen LogP contribution is 2.48. The van der Waals surface area contributed by atoms with Crippen LogP contribution in [0.5, 0.6) is 0 Å². The molecular formula is C13H16F3NO3S. The number of anilines is 1. The Labute approximate surface area is 120 Å². The number of hydrogen-bond acceptors (Lipinski definition) is 4. The van der Waals surface area contributed by atoms with Crippen molar-refractivity contribution in [3.05, 3.63) is 24.3 Å². The van der Waals surface area contributed by atoms with Crippen LogP contribution in [0, 0.1) is 5.41 Å². The van der Waals surface area contributed by atoms with Crippen molar-refractivity contribution in [2.24, 2.45) is 5.41 Å². The van der Waals surface area contributed by atoms with Gasteiger partial charge in [0.1, 0.15) is 0 Å². The van der Waals surface area contributed by atoms with Gasteiger partial charge in [0.2, 0.25) is 0 Å². The molecule has 0 bridgehead atoms. The average Bonchev–Trinajstić information content (AvgIpc) is 3.16. The van der Waals surface area contributed by atoms with Gasteiger partial charge in [-0.15, -0.1) is 0 Å². The van der Waals surface area contributed by atoms with Crippen LogP contribution in [0.1, 0.15) is 19.3 Å². The van der Waals surface area contributed by atoms with Crippen LogP contribution in [0.3, 0.4) is 0 Å². The number of benzene rings is 1. The van der Waals surface area contributed by atoms with Gasteiger partial charge < -0.3 is 10.4 Å². The highest BCUT2D eigenvalue weighted by atomic mass is 32.2. The summed E-state index contributed by atoms with van der Waals surface area (Å²) in [6.07, 6.45) is 2.68. The molecule has 1 aromatic carbocycles. The predicted molar refractivity (Wildman–Crippen MR) is 71.5 cm³/mol. The monoisotopic (exact) mass is 323 g/mol. The molecule has 4 nitrogen and oxygen atoms in total. The lowest BCUT2D eigenvalue weighted by Gasteiger charge is -2.16. The summed E-state index contributed by atoms with van der Waals surface area (Å²) in [5, 5.41) is 12.0. The predicted octanol–water partition coefficient (Wildman–Crippen LogP) is 2.55. The largest absolute Gasteiger partial charge is 0.501 e. The summed E-state index contributed by atoms with van der Waals surface area (Å²) in [5.74, 6) is 0. The standard InChI is InChI=1S/C13H16F3NO3S/c14-13(15,16)21(19,20)11-3-1-10(2-4-11)17-9-12(5-6-12)7-8-18/h1-4,17-18H,5-9H2. The van der Waals surface area contributed by atoms with E-state index in [1.165, 1.54) is 12.1 Å². The lowest BCUT2D eigenvalue weighted by atomic mass is 10.0. The van der Waals surface area contributed by atoms with E-state index in [2.05, 4.69) is 5.32 Å². The van der Waals surface area contributed by atoms with E-state index in [1.54, 1.807) is 0 Å². The molecule has 1 aliphatic carbocycles. The fraction of sp³-hybridized carbons (Fsp3) is 0.538. The van der Waals surface area contributed by atoms with Crippen molar-refractivity contribution in [1.82, 2.24) is 0 Å². The molecular weight excluding hydrogens is 307 g/mol. The number of hydrogen-bond donors (Lipinski definition) is 2. The molecule has 8 heteroatoms. The van der Waals surface area contributed by atoms with E-state index in [1.807, 2.05) is 0 Å². The minimum absolute atomic E-state index is 0.0610. The summed E-state index contributed by atoms with van der Waals surface area (Å²) in [7, 11) is -5.29. The SMILES string of the molecule is O=S(=O)(c1ccc(NCC2(CCO)CC2)cc1)C(F)(F)F. The smallest absolute Gasteiger partial charge is 0.396 e. The molecule has 0 heterocycles. The fourth-order valence-electron chi connectivity index (χ4n) is 2.10. The van der Waals surface area contributed by atoms with E-state index in [0.29, 0.717) is 18.7 Å². The highest BCUT2D eigenvalue weighted by Gasteiger charge is 2.46. The Morgan fingerprint density at radius 1 is 1.19 bits per heavy atom. The van der Waals surface area contributed by atoms with Crippen LogP contribution in [0.25, 0.3) is 0 Å². The molecule has 2 rings (SSSR count). The van der Waals surface area contributed by atoms with Crippen molar-refractivity contribution in [3.63, 3.8) is 0 Å². The van der Waals surface area contributed by atoms with E-state index in [0.717, 1.165) is 25.0 Å². The Hall–Kier alpha value is -1.28. The molecule has 1 fully saturated rings. The summed E-state index contributed by atoms with van der Waals surface area (Å²) < 4.78 is 59.6. The highest BCUT2D eigenvalue weighted by molar-refractivity contribution is 7.92. The molecule has 0 atom stereocenters. The van der Waals surface area contributed by atoms with Crippen LogP contribution in [-0.2, 0) is 9.84 Å². The summed E-state index contributed by atoms with van der Waals surface area (Å²) in [6.45, 7) is 0.712. The van der Waals surface area contributed by atoms with Crippen molar-refractivity contribution in [1.29, 1.82) is 0 Å². The van der Waals surface area contributed by atoms with Gasteiger partial charge in [0.15, 0.2) is 0 Å². The first-order valence-electron chi connectivity index (χ1n) is 6.46. The van der Waals surface area contributed by atoms with Gasteiger partial charge in [0.25, 0.3) is 9.84 Å². The second-order valence-corrected chi connectivity index (χ2v) is 7.24. The van der Waals surface area contributed by atoms with E-state index >= 15 is 0 Å². The Morgan fingerprint density at radius 3 is 2.19 bits per heavy atom. The van der Waals surface area contributed by atoms with Crippen molar-refractivity contribution < 1.29 is 26.7 Å². The lowest BCUT2D eigenvalue weighted by molar-refractivity contribution is -0.0436. The molecule has 0 aromatic heterocycles. The fourth-order valence-corrected chi connectivity index (χ4v) is 2.87. The summed E-state index contributed by atoms with van der Waals surface area (Å²) in [6, 6.07) is 4.51. The molecule has 0 aliphatic heterocycles. The van der Waals surface area contributed by atoms with Crippen LogP contribution in [-0.4, -0.2) is 32.2 Å². The zero-order valence-electron chi connectivity index (χ0n) is 11.2. The van der Waals surface area contributed by atoms with Crippen molar-refractivity contribution in [2.45, 2.75) is 29.7 Å². The maximum Gasteiger partial charge on any atom is 0.501 e. The minimum atomic E-state index is -5.29. The molecule has 0 amide bonds. The minimum Gasteiger partial charge on any atom is -0.396 e. The van der Waals surface area contributed by atoms with Crippen LogP contribution in [0.2, 0.25) is 0 Å². The Morgan fingerprint density at radius 2 is 1.76 bits per heavy atom. The zero-order valence-corrected chi connectivity index (χ0v) is 12.0. The second-order valence-electron chi connectivity index (χ2n) is 5.30. The third-order valence-electron chi connectivity index (χ3n) is 3.74. The molecule has 21 heavy (non-hydrogen) atoms. The molecule has 0 radical (unpaired) electrons. The zero-order chi connectivity index (χ0) is 15.7. The third kappa shape index (κ3) is 3.49. The van der Waals surface area contributed by atoms with Crippen LogP contribution >= 0.6 is 0 Å². The maximum absolute atomic E-state index is 12.4. The summed E-state index contributed by atoms with van der Waals surface area (Å²) in [5.41, 5.74) is -4.67. The normalized spacial score (nSPS) is 17.5. The number of aliphatic hydroxyl groups excluding tert-OH is 1. The maximum atomic E-state index is 12.4. The molecule has 2 N–H and O–H groups in total. The Balaban J connectivity index is 2.03. The quantitative estimate of drug-likeness (QED) is 0.844. The van der Waals surface area contributed by atoms with E-state index in [4.69, 9.17) is 5.11 Å². The summed E-state index contributed by atoms with van der Waals surface area (Å²) >= 11 is 0. The average molecular weight is 323 g/mol. The van der Waals surface area contributed by atoms with Crippen molar-refractivity contribution in [2.75, 3.05) is 18.5 Å². The first-order chi connectivity index (χ1) is 9.70. The number of sulfone groups is 1. The number of halogens is 3. The van der Waals surface area contributed by atoms with Gasteiger partial charge in [0, 0.05) is 18.8 Å². The second kappa shape index (κ2) is 5.49. The molecule has 1 saturated carbocycles. The number of nitrogens with one attached hydrogen (secondary N) is 1. The Kier molecular flexibility index (Phi) is 4.21. The van der Waals surface area contributed by atoms with Gasteiger partial charge in [-0.3, -0.25) is 0 Å². The topological polar surface area (TPSA) is 66.4 Å². The Bertz CT molecular complexity index is 592. The molecule has 0 spiro atoms. The van der Waals surface area contributed by atoms with Gasteiger partial charge in [-0.2, -0.15) is 13.2 Å². The first-order valence-corrected chi connectivity index (χ1v) is 7.95. The molecule has 1 aromatic rings. The molecule has 1 aliphatic rings. The van der Waals surface area contributed by atoms with Gasteiger partial charge in [-0.1, -0.05) is 0 Å². The van der Waals surface area contributed by atoms with Crippen LogP contribution < -0.4 is 5.32 Å². The lowest BCUT2D eigenvalue weighted by Crippen LogP contribution is -2.23. The van der Waals surface area contributed by atoms with Crippen molar-refractivity contribution >= 4 is 15.5 Å². The molecule has 0 unspecified atom stereocenters. The number of rotatable bonds is 6. The van der Waals surface area contributed by atoms with E-state index in [9.17, 15) is 21.6 Å². The third-order valence-corrected chi connectivity index (χ3v) is 5.24. The number of alkyl halides is 3. The van der Waals surface area contributed by atoms with Gasteiger partial charge >= 0.3 is 5.51 Å². The van der Waals surface area contributed by atoms with Gasteiger partial charge in [-0.25, -0.2) is 8.42 Å². The summed E-state index contributed by atoms with van der Waals surface area (Å²) in [4.78, 5) is -0.767. The molecule has 118 valence electrons. The van der Waals surface area contributed by atoms with Gasteiger partial charge in [0.05, 0.1) is 4.90 Å². The number of aliphatic hydroxyl groups is 1. The van der Waals surface area contributed by atoms with E-state index < -0.39 is 20.2 Å². The van der Waals surface area contributed by atoms with Crippen LogP contribution in [0.15, 0.2) is 29.2 Å². The van der Waals surface area contributed by atoms with E-state index in [-0.39, 0.29) is 12.0 Å². The van der Waals surface area contributed by atoms with Crippen molar-refractivity contribution in [3.8, 4) is 0 Å². The first kappa shape index (κ1) is 16.1. The molecule has 0 saturated heterocycles. The van der Waals surface area contributed by atoms with Gasteiger partial charge in [-0.05, 0) is 48.9 Å². The van der Waals surface area contributed by atoms with Crippen LogP contribution in [0.4, 0.5) is 18.9 Å².